The van der Waals surface area contributed by atoms with E-state index in [2.05, 4.69) is 32.4 Å². The summed E-state index contributed by atoms with van der Waals surface area (Å²) in [4.78, 5) is 10.5. The van der Waals surface area contributed by atoms with Gasteiger partial charge in [0.05, 0.1) is 6.20 Å². The molecule has 1 aromatic rings. The zero-order valence-corrected chi connectivity index (χ0v) is 12.3. The van der Waals surface area contributed by atoms with Gasteiger partial charge in [0.1, 0.15) is 0 Å². The molecule has 112 valence electrons. The number of rotatable bonds is 6. The Kier molecular flexibility index (Phi) is 5.52. The molecule has 2 rings (SSSR count). The molecule has 6 heteroatoms. The average Bonchev–Trinajstić information content (AvgIpc) is 2.44. The fourth-order valence-corrected chi connectivity index (χ4v) is 2.52. The molecule has 0 saturated carbocycles. The molecule has 0 spiro atoms. The molecule has 0 amide bonds. The van der Waals surface area contributed by atoms with Gasteiger partial charge >= 0.3 is 0 Å². The lowest BCUT2D eigenvalue weighted by atomic mass is 10.1. The van der Waals surface area contributed by atoms with E-state index >= 15 is 0 Å². The van der Waals surface area contributed by atoms with Gasteiger partial charge in [-0.1, -0.05) is 6.42 Å². The van der Waals surface area contributed by atoms with Gasteiger partial charge in [0.25, 0.3) is 0 Å². The fourth-order valence-electron chi connectivity index (χ4n) is 2.52. The highest BCUT2D eigenvalue weighted by Gasteiger charge is 2.15. The molecule has 2 N–H and O–H groups in total. The lowest BCUT2D eigenvalue weighted by molar-refractivity contribution is 0.223. The second-order valence-corrected chi connectivity index (χ2v) is 5.33. The van der Waals surface area contributed by atoms with Gasteiger partial charge in [0.2, 0.25) is 5.95 Å². The summed E-state index contributed by atoms with van der Waals surface area (Å²) in [5, 5.41) is 6.14. The Balaban J connectivity index is 1.92. The number of nitrogens with one attached hydrogen (secondary N) is 2. The molecule has 2 heterocycles. The largest absolute Gasteiger partial charge is 0.364 e. The average molecular weight is 281 g/mol. The van der Waals surface area contributed by atoms with Crippen LogP contribution in [0.25, 0.3) is 0 Å². The van der Waals surface area contributed by atoms with Crippen molar-refractivity contribution < 1.29 is 4.39 Å². The number of hydrogen-bond acceptors (Lipinski definition) is 5. The second-order valence-electron chi connectivity index (χ2n) is 5.33. The highest BCUT2D eigenvalue weighted by molar-refractivity contribution is 5.41. The van der Waals surface area contributed by atoms with E-state index in [1.807, 2.05) is 6.92 Å². The summed E-state index contributed by atoms with van der Waals surface area (Å²) in [5.74, 6) is 0.333. The number of anilines is 2. The van der Waals surface area contributed by atoms with Crippen LogP contribution in [-0.2, 0) is 0 Å². The molecule has 1 unspecified atom stereocenters. The molecule has 1 fully saturated rings. The third-order valence-electron chi connectivity index (χ3n) is 3.44. The first kappa shape index (κ1) is 15.0. The van der Waals surface area contributed by atoms with E-state index in [1.165, 1.54) is 25.5 Å². The SMILES string of the molecule is CCNc1ncc(F)c(NC(C)CN2CCCCC2)n1. The van der Waals surface area contributed by atoms with E-state index in [-0.39, 0.29) is 11.9 Å². The highest BCUT2D eigenvalue weighted by Crippen LogP contribution is 2.14. The molecule has 1 aliphatic rings. The van der Waals surface area contributed by atoms with Gasteiger partial charge in [-0.25, -0.2) is 9.37 Å². The third-order valence-corrected chi connectivity index (χ3v) is 3.44. The van der Waals surface area contributed by atoms with Crippen LogP contribution < -0.4 is 10.6 Å². The summed E-state index contributed by atoms with van der Waals surface area (Å²) in [6.45, 7) is 7.93. The molecule has 0 radical (unpaired) electrons. The maximum absolute atomic E-state index is 13.7. The van der Waals surface area contributed by atoms with E-state index < -0.39 is 5.82 Å². The number of likely N-dealkylation sites (tertiary alicyclic amines) is 1. The number of piperidine rings is 1. The van der Waals surface area contributed by atoms with Crippen molar-refractivity contribution >= 4 is 11.8 Å². The molecule has 20 heavy (non-hydrogen) atoms. The van der Waals surface area contributed by atoms with Crippen LogP contribution >= 0.6 is 0 Å². The third kappa shape index (κ3) is 4.30. The van der Waals surface area contributed by atoms with Gasteiger partial charge in [-0.15, -0.1) is 0 Å². The van der Waals surface area contributed by atoms with Gasteiger partial charge < -0.3 is 15.5 Å². The van der Waals surface area contributed by atoms with E-state index in [0.29, 0.717) is 12.5 Å². The molecule has 0 aromatic carbocycles. The Morgan fingerprint density at radius 1 is 1.35 bits per heavy atom. The number of nitrogens with zero attached hydrogens (tertiary/aromatic N) is 3. The van der Waals surface area contributed by atoms with E-state index in [9.17, 15) is 4.39 Å². The van der Waals surface area contributed by atoms with Crippen LogP contribution in [0.5, 0.6) is 0 Å². The number of aromatic nitrogens is 2. The van der Waals surface area contributed by atoms with Gasteiger partial charge in [-0.05, 0) is 39.8 Å². The minimum atomic E-state index is -0.405. The minimum Gasteiger partial charge on any atom is -0.364 e. The zero-order valence-electron chi connectivity index (χ0n) is 12.3. The predicted octanol–water partition coefficient (Wildman–Crippen LogP) is 2.33. The molecule has 1 aromatic heterocycles. The van der Waals surface area contributed by atoms with Gasteiger partial charge in [0, 0.05) is 19.1 Å². The summed E-state index contributed by atoms with van der Waals surface area (Å²) in [6.07, 6.45) is 5.06. The smallest absolute Gasteiger partial charge is 0.224 e. The van der Waals surface area contributed by atoms with Crippen molar-refractivity contribution in [3.63, 3.8) is 0 Å². The van der Waals surface area contributed by atoms with Crippen LogP contribution in [-0.4, -0.2) is 47.1 Å². The van der Waals surface area contributed by atoms with E-state index in [1.54, 1.807) is 0 Å². The Morgan fingerprint density at radius 3 is 2.80 bits per heavy atom. The Hall–Kier alpha value is -1.43. The van der Waals surface area contributed by atoms with Crippen LogP contribution in [0.15, 0.2) is 6.20 Å². The normalized spacial score (nSPS) is 17.8. The molecular formula is C14H24FN5. The highest BCUT2D eigenvalue weighted by atomic mass is 19.1. The molecule has 0 bridgehead atoms. The van der Waals surface area contributed by atoms with E-state index in [4.69, 9.17) is 0 Å². The minimum absolute atomic E-state index is 0.159. The summed E-state index contributed by atoms with van der Waals surface area (Å²) in [7, 11) is 0. The molecular weight excluding hydrogens is 257 g/mol. The zero-order chi connectivity index (χ0) is 14.4. The summed E-state index contributed by atoms with van der Waals surface area (Å²) >= 11 is 0. The topological polar surface area (TPSA) is 53.1 Å². The monoisotopic (exact) mass is 281 g/mol. The lowest BCUT2D eigenvalue weighted by Crippen LogP contribution is -2.38. The van der Waals surface area contributed by atoms with Crippen LogP contribution in [0.3, 0.4) is 0 Å². The van der Waals surface area contributed by atoms with Crippen molar-refractivity contribution in [1.82, 2.24) is 14.9 Å². The Bertz CT molecular complexity index is 420. The Morgan fingerprint density at radius 2 is 2.10 bits per heavy atom. The quantitative estimate of drug-likeness (QED) is 0.838. The van der Waals surface area contributed by atoms with Crippen molar-refractivity contribution in [3.8, 4) is 0 Å². The molecule has 0 aliphatic carbocycles. The maximum atomic E-state index is 13.7. The van der Waals surface area contributed by atoms with Gasteiger partial charge in [0.15, 0.2) is 11.6 Å². The van der Waals surface area contributed by atoms with Crippen molar-refractivity contribution in [2.24, 2.45) is 0 Å². The van der Waals surface area contributed by atoms with Crippen LogP contribution in [0.2, 0.25) is 0 Å². The Labute approximate surface area is 120 Å². The van der Waals surface area contributed by atoms with E-state index in [0.717, 1.165) is 19.6 Å². The van der Waals surface area contributed by atoms with Crippen LogP contribution in [0.4, 0.5) is 16.2 Å². The molecule has 1 aliphatic heterocycles. The van der Waals surface area contributed by atoms with Crippen LogP contribution in [0.1, 0.15) is 33.1 Å². The first-order valence-electron chi connectivity index (χ1n) is 7.44. The fraction of sp³-hybridized carbons (Fsp3) is 0.714. The van der Waals surface area contributed by atoms with Crippen molar-refractivity contribution in [2.75, 3.05) is 36.8 Å². The first-order chi connectivity index (χ1) is 9.69. The van der Waals surface area contributed by atoms with Crippen molar-refractivity contribution in [2.45, 2.75) is 39.2 Å². The molecule has 1 saturated heterocycles. The maximum Gasteiger partial charge on any atom is 0.224 e. The van der Waals surface area contributed by atoms with Gasteiger partial charge in [-0.3, -0.25) is 0 Å². The number of halogens is 1. The lowest BCUT2D eigenvalue weighted by Gasteiger charge is -2.29. The summed E-state index contributed by atoms with van der Waals surface area (Å²) < 4.78 is 13.7. The van der Waals surface area contributed by atoms with Crippen LogP contribution in [0, 0.1) is 5.82 Å². The van der Waals surface area contributed by atoms with Crippen molar-refractivity contribution in [3.05, 3.63) is 12.0 Å². The first-order valence-corrected chi connectivity index (χ1v) is 7.44. The van der Waals surface area contributed by atoms with Crippen molar-refractivity contribution in [1.29, 1.82) is 0 Å². The predicted molar refractivity (Wildman–Crippen MR) is 79.5 cm³/mol. The molecule has 1 atom stereocenters. The number of hydrogen-bond donors (Lipinski definition) is 2. The standard InChI is InChI=1S/C14H24FN5/c1-3-16-14-17-9-12(15)13(19-14)18-11(2)10-20-7-5-4-6-8-20/h9,11H,3-8,10H2,1-2H3,(H2,16,17,18,19). The summed E-state index contributed by atoms with van der Waals surface area (Å²) in [6, 6.07) is 0.159. The summed E-state index contributed by atoms with van der Waals surface area (Å²) in [5.41, 5.74) is 0. The van der Waals surface area contributed by atoms with Gasteiger partial charge in [-0.2, -0.15) is 4.98 Å². The second kappa shape index (κ2) is 7.38. The molecule has 5 nitrogen and oxygen atoms in total.